The average Bonchev–Trinajstić information content (AvgIpc) is 3.00. The summed E-state index contributed by atoms with van der Waals surface area (Å²) in [5.74, 6) is 1.52. The summed E-state index contributed by atoms with van der Waals surface area (Å²) < 4.78 is 7.21. The van der Waals surface area contributed by atoms with Crippen LogP contribution in [0, 0.1) is 23.7 Å². The largest absolute Gasteiger partial charge is 0.460 e. The van der Waals surface area contributed by atoms with Crippen LogP contribution in [0.5, 0.6) is 0 Å². The monoisotopic (exact) mass is 291 g/mol. The molecule has 0 amide bonds. The van der Waals surface area contributed by atoms with E-state index in [1.807, 2.05) is 13.8 Å². The fraction of sp³-hybridized carbons (Fsp3) is 0.812. The number of rotatable bonds is 3. The lowest BCUT2D eigenvalue weighted by Crippen LogP contribution is -2.39. The van der Waals surface area contributed by atoms with Crippen molar-refractivity contribution >= 4 is 5.97 Å². The molecule has 1 heterocycles. The first kappa shape index (κ1) is 14.5. The van der Waals surface area contributed by atoms with Gasteiger partial charge in [0.2, 0.25) is 5.82 Å². The molecule has 0 aliphatic heterocycles. The predicted octanol–water partition coefficient (Wildman–Crippen LogP) is 3.15. The molecule has 3 rings (SSSR count). The van der Waals surface area contributed by atoms with Gasteiger partial charge in [-0.05, 0) is 49.9 Å². The molecule has 1 aromatic heterocycles. The maximum atomic E-state index is 12.2. The van der Waals surface area contributed by atoms with Gasteiger partial charge in [-0.1, -0.05) is 20.8 Å². The molecule has 5 nitrogen and oxygen atoms in total. The summed E-state index contributed by atoms with van der Waals surface area (Å²) in [7, 11) is 0. The Morgan fingerprint density at radius 3 is 2.67 bits per heavy atom. The van der Waals surface area contributed by atoms with Crippen molar-refractivity contribution in [2.45, 2.75) is 59.9 Å². The van der Waals surface area contributed by atoms with E-state index in [2.05, 4.69) is 35.5 Å². The molecule has 5 heteroatoms. The minimum atomic E-state index is -0.361. The summed E-state index contributed by atoms with van der Waals surface area (Å²) in [5.41, 5.74) is 0.379. The van der Waals surface area contributed by atoms with Crippen LogP contribution in [0.2, 0.25) is 0 Å². The Morgan fingerprint density at radius 1 is 1.38 bits per heavy atom. The molecule has 21 heavy (non-hydrogen) atoms. The van der Waals surface area contributed by atoms with Crippen LogP contribution < -0.4 is 0 Å². The molecule has 1 aromatic rings. The van der Waals surface area contributed by atoms with Gasteiger partial charge in [0.1, 0.15) is 5.82 Å². The van der Waals surface area contributed by atoms with Crippen LogP contribution in [0.3, 0.4) is 0 Å². The molecule has 2 saturated carbocycles. The normalized spacial score (nSPS) is 33.4. The molecule has 0 saturated heterocycles. The SMILES string of the molecule is CCOC(=O)c1nnc(C)n1C1C2(C)CCC(C2)C1(C)C. The van der Waals surface area contributed by atoms with Gasteiger partial charge < -0.3 is 9.30 Å². The van der Waals surface area contributed by atoms with Gasteiger partial charge in [0, 0.05) is 6.04 Å². The third-order valence-electron chi connectivity index (χ3n) is 5.78. The Hall–Kier alpha value is -1.39. The number of hydrogen-bond donors (Lipinski definition) is 0. The van der Waals surface area contributed by atoms with Crippen LogP contribution >= 0.6 is 0 Å². The van der Waals surface area contributed by atoms with Crippen molar-refractivity contribution in [1.82, 2.24) is 14.8 Å². The van der Waals surface area contributed by atoms with Gasteiger partial charge in [-0.3, -0.25) is 0 Å². The number of aromatic nitrogens is 3. The van der Waals surface area contributed by atoms with E-state index >= 15 is 0 Å². The zero-order valence-corrected chi connectivity index (χ0v) is 13.6. The molecule has 2 aliphatic carbocycles. The third-order valence-corrected chi connectivity index (χ3v) is 5.78. The lowest BCUT2D eigenvalue weighted by molar-refractivity contribution is 0.0453. The molecule has 2 bridgehead atoms. The van der Waals surface area contributed by atoms with Gasteiger partial charge in [-0.15, -0.1) is 10.2 Å². The highest BCUT2D eigenvalue weighted by Gasteiger charge is 2.61. The maximum absolute atomic E-state index is 12.2. The van der Waals surface area contributed by atoms with Crippen molar-refractivity contribution < 1.29 is 9.53 Å². The topological polar surface area (TPSA) is 57.0 Å². The molecule has 2 aliphatic rings. The number of fused-ring (bicyclic) bond motifs is 2. The summed E-state index contributed by atoms with van der Waals surface area (Å²) in [6.07, 6.45) is 3.73. The number of hydrogen-bond acceptors (Lipinski definition) is 4. The van der Waals surface area contributed by atoms with Gasteiger partial charge in [0.05, 0.1) is 6.61 Å². The second kappa shape index (κ2) is 4.55. The van der Waals surface area contributed by atoms with E-state index in [9.17, 15) is 4.79 Å². The number of carbonyl (C=O) groups excluding carboxylic acids is 1. The van der Waals surface area contributed by atoms with Gasteiger partial charge in [0.15, 0.2) is 0 Å². The van der Waals surface area contributed by atoms with Crippen molar-refractivity contribution in [3.05, 3.63) is 11.6 Å². The second-order valence-electron chi connectivity index (χ2n) is 7.48. The zero-order valence-electron chi connectivity index (χ0n) is 13.6. The summed E-state index contributed by atoms with van der Waals surface area (Å²) in [5, 5.41) is 8.25. The number of carbonyl (C=O) groups is 1. The fourth-order valence-electron chi connectivity index (χ4n) is 4.93. The first-order valence-electron chi connectivity index (χ1n) is 7.90. The fourth-order valence-corrected chi connectivity index (χ4v) is 4.93. The van der Waals surface area contributed by atoms with Gasteiger partial charge in [-0.25, -0.2) is 4.79 Å². The number of ether oxygens (including phenoxy) is 1. The van der Waals surface area contributed by atoms with Crippen molar-refractivity contribution in [2.75, 3.05) is 6.61 Å². The Bertz CT molecular complexity index is 573. The van der Waals surface area contributed by atoms with Crippen LogP contribution in [-0.2, 0) is 4.74 Å². The van der Waals surface area contributed by atoms with E-state index in [0.717, 1.165) is 5.82 Å². The minimum absolute atomic E-state index is 0.154. The molecular formula is C16H25N3O2. The smallest absolute Gasteiger partial charge is 0.376 e. The number of esters is 1. The Balaban J connectivity index is 2.08. The molecule has 116 valence electrons. The van der Waals surface area contributed by atoms with Crippen LogP contribution in [0.15, 0.2) is 0 Å². The van der Waals surface area contributed by atoms with Crippen LogP contribution in [0.4, 0.5) is 0 Å². The summed E-state index contributed by atoms with van der Waals surface area (Å²) in [6, 6.07) is 0.262. The lowest BCUT2D eigenvalue weighted by atomic mass is 9.68. The molecule has 0 aromatic carbocycles. The van der Waals surface area contributed by atoms with Gasteiger partial charge in [-0.2, -0.15) is 0 Å². The van der Waals surface area contributed by atoms with Crippen molar-refractivity contribution in [3.63, 3.8) is 0 Å². The molecule has 3 unspecified atom stereocenters. The quantitative estimate of drug-likeness (QED) is 0.803. The summed E-state index contributed by atoms with van der Waals surface area (Å²) in [4.78, 5) is 12.2. The number of nitrogens with zero attached hydrogens (tertiary/aromatic N) is 3. The standard InChI is InChI=1S/C16H25N3O2/c1-6-21-13(20)12-18-17-10(2)19(12)14-15(3,4)11-7-8-16(14,5)9-11/h11,14H,6-9H2,1-5H3. The third kappa shape index (κ3) is 1.93. The highest BCUT2D eigenvalue weighted by atomic mass is 16.5. The van der Waals surface area contributed by atoms with E-state index in [4.69, 9.17) is 4.74 Å². The first-order valence-corrected chi connectivity index (χ1v) is 7.90. The van der Waals surface area contributed by atoms with E-state index < -0.39 is 0 Å². The molecule has 3 atom stereocenters. The zero-order chi connectivity index (χ0) is 15.4. The minimum Gasteiger partial charge on any atom is -0.460 e. The van der Waals surface area contributed by atoms with Crippen molar-refractivity contribution in [2.24, 2.45) is 16.7 Å². The molecule has 0 N–H and O–H groups in total. The molecule has 0 spiro atoms. The highest BCUT2D eigenvalue weighted by Crippen LogP contribution is 2.68. The van der Waals surface area contributed by atoms with E-state index in [1.165, 1.54) is 19.3 Å². The van der Waals surface area contributed by atoms with Gasteiger partial charge in [0.25, 0.3) is 0 Å². The predicted molar refractivity (Wildman–Crippen MR) is 79.0 cm³/mol. The van der Waals surface area contributed by atoms with E-state index in [-0.39, 0.29) is 22.8 Å². The maximum Gasteiger partial charge on any atom is 0.376 e. The number of aryl methyl sites for hydroxylation is 1. The molecular weight excluding hydrogens is 266 g/mol. The van der Waals surface area contributed by atoms with Crippen LogP contribution in [0.25, 0.3) is 0 Å². The lowest BCUT2D eigenvalue weighted by Gasteiger charge is -2.44. The summed E-state index contributed by atoms with van der Waals surface area (Å²) in [6.45, 7) is 11.1. The van der Waals surface area contributed by atoms with E-state index in [1.54, 1.807) is 0 Å². The molecule has 0 radical (unpaired) electrons. The van der Waals surface area contributed by atoms with Gasteiger partial charge >= 0.3 is 5.97 Å². The van der Waals surface area contributed by atoms with Crippen LogP contribution in [0.1, 0.15) is 69.4 Å². The highest BCUT2D eigenvalue weighted by molar-refractivity contribution is 5.85. The van der Waals surface area contributed by atoms with Crippen LogP contribution in [-0.4, -0.2) is 27.3 Å². The first-order chi connectivity index (χ1) is 9.81. The Morgan fingerprint density at radius 2 is 2.10 bits per heavy atom. The second-order valence-corrected chi connectivity index (χ2v) is 7.48. The van der Waals surface area contributed by atoms with Crippen molar-refractivity contribution in [3.8, 4) is 0 Å². The van der Waals surface area contributed by atoms with E-state index in [0.29, 0.717) is 18.3 Å². The summed E-state index contributed by atoms with van der Waals surface area (Å²) >= 11 is 0. The Kier molecular flexibility index (Phi) is 3.15. The Labute approximate surface area is 126 Å². The average molecular weight is 291 g/mol. The van der Waals surface area contributed by atoms with Crippen molar-refractivity contribution in [1.29, 1.82) is 0 Å². The molecule has 2 fully saturated rings.